The normalized spacial score (nSPS) is 24.2. The lowest BCUT2D eigenvalue weighted by molar-refractivity contribution is -0.123. The van der Waals surface area contributed by atoms with Gasteiger partial charge in [0.25, 0.3) is 5.91 Å². The number of amides is 2. The van der Waals surface area contributed by atoms with Crippen LogP contribution in [0.3, 0.4) is 0 Å². The summed E-state index contributed by atoms with van der Waals surface area (Å²) in [6.45, 7) is 3.97. The lowest BCUT2D eigenvalue weighted by atomic mass is 9.93. The van der Waals surface area contributed by atoms with E-state index in [2.05, 4.69) is 11.8 Å². The quantitative estimate of drug-likeness (QED) is 0.869. The van der Waals surface area contributed by atoms with Crippen molar-refractivity contribution in [2.45, 2.75) is 38.6 Å². The molecule has 0 saturated carbocycles. The van der Waals surface area contributed by atoms with Crippen LogP contribution < -0.4 is 4.90 Å². The molecule has 1 atom stereocenters. The smallest absolute Gasteiger partial charge is 0.251 e. The van der Waals surface area contributed by atoms with Crippen molar-refractivity contribution in [1.29, 1.82) is 0 Å². The van der Waals surface area contributed by atoms with Gasteiger partial charge in [-0.3, -0.25) is 14.5 Å². The second-order valence-electron chi connectivity index (χ2n) is 6.19. The van der Waals surface area contributed by atoms with E-state index in [0.717, 1.165) is 31.8 Å². The zero-order valence-electron chi connectivity index (χ0n) is 12.9. The van der Waals surface area contributed by atoms with E-state index < -0.39 is 0 Å². The summed E-state index contributed by atoms with van der Waals surface area (Å²) in [5, 5.41) is 9.56. The number of carbonyl (C=O) groups excluding carboxylic acids is 2. The molecule has 1 aromatic rings. The molecule has 2 heterocycles. The van der Waals surface area contributed by atoms with Crippen LogP contribution in [-0.4, -0.2) is 41.0 Å². The first-order valence-electron chi connectivity index (χ1n) is 8.00. The van der Waals surface area contributed by atoms with Crippen LogP contribution in [0.25, 0.3) is 0 Å². The molecule has 0 spiro atoms. The summed E-state index contributed by atoms with van der Waals surface area (Å²) in [6, 6.07) is 5.97. The summed E-state index contributed by atoms with van der Waals surface area (Å²) >= 11 is 0. The number of carbonyl (C=O) groups is 2. The van der Waals surface area contributed by atoms with Gasteiger partial charge in [-0.15, -0.1) is 0 Å². The van der Waals surface area contributed by atoms with Gasteiger partial charge in [0.15, 0.2) is 0 Å². The second-order valence-corrected chi connectivity index (χ2v) is 6.19. The Kier molecular flexibility index (Phi) is 4.16. The van der Waals surface area contributed by atoms with Gasteiger partial charge in [0.05, 0.1) is 18.2 Å². The van der Waals surface area contributed by atoms with Gasteiger partial charge in [-0.1, -0.05) is 19.4 Å². The third-order valence-corrected chi connectivity index (χ3v) is 4.88. The van der Waals surface area contributed by atoms with Crippen molar-refractivity contribution in [2.75, 3.05) is 18.0 Å². The predicted octanol–water partition coefficient (Wildman–Crippen LogP) is 2.15. The topological polar surface area (TPSA) is 60.9 Å². The van der Waals surface area contributed by atoms with E-state index in [1.54, 1.807) is 12.1 Å². The predicted molar refractivity (Wildman–Crippen MR) is 83.6 cm³/mol. The van der Waals surface area contributed by atoms with E-state index in [0.29, 0.717) is 5.69 Å². The number of likely N-dealkylation sites (tertiary alicyclic amines) is 1. The molecular formula is C17H22N2O3. The Labute approximate surface area is 130 Å². The summed E-state index contributed by atoms with van der Waals surface area (Å²) in [5.74, 6) is 0.458. The van der Waals surface area contributed by atoms with E-state index in [1.165, 1.54) is 23.5 Å². The molecule has 0 radical (unpaired) electrons. The van der Waals surface area contributed by atoms with E-state index in [-0.39, 0.29) is 30.0 Å². The zero-order chi connectivity index (χ0) is 15.7. The van der Waals surface area contributed by atoms with Crippen LogP contribution in [0.4, 0.5) is 5.69 Å². The monoisotopic (exact) mass is 302 g/mol. The lowest BCUT2D eigenvalue weighted by Crippen LogP contribution is -2.45. The fourth-order valence-corrected chi connectivity index (χ4v) is 3.48. The van der Waals surface area contributed by atoms with Crippen molar-refractivity contribution in [1.82, 2.24) is 4.90 Å². The third kappa shape index (κ3) is 2.73. The molecule has 1 aromatic carbocycles. The molecule has 0 unspecified atom stereocenters. The SMILES string of the molecule is CCC1CCN([C@@H]2CC(=O)N(c3cccc(O)c3)C2=O)CC1. The molecule has 2 amide bonds. The van der Waals surface area contributed by atoms with Crippen molar-refractivity contribution < 1.29 is 14.7 Å². The maximum absolute atomic E-state index is 12.7. The van der Waals surface area contributed by atoms with Crippen molar-refractivity contribution in [3.05, 3.63) is 24.3 Å². The molecule has 118 valence electrons. The van der Waals surface area contributed by atoms with E-state index >= 15 is 0 Å². The minimum absolute atomic E-state index is 0.0605. The molecule has 22 heavy (non-hydrogen) atoms. The fourth-order valence-electron chi connectivity index (χ4n) is 3.48. The maximum Gasteiger partial charge on any atom is 0.251 e. The first kappa shape index (κ1) is 15.0. The molecule has 2 saturated heterocycles. The summed E-state index contributed by atoms with van der Waals surface area (Å²) in [4.78, 5) is 28.3. The van der Waals surface area contributed by atoms with Gasteiger partial charge in [0.1, 0.15) is 5.75 Å². The summed E-state index contributed by atoms with van der Waals surface area (Å²) in [7, 11) is 0. The highest BCUT2D eigenvalue weighted by atomic mass is 16.3. The molecule has 0 aromatic heterocycles. The minimum atomic E-state index is -0.340. The van der Waals surface area contributed by atoms with Crippen LogP contribution in [0.5, 0.6) is 5.75 Å². The number of phenolic OH excluding ortho intramolecular Hbond substituents is 1. The molecule has 0 aliphatic carbocycles. The Morgan fingerprint density at radius 2 is 1.95 bits per heavy atom. The van der Waals surface area contributed by atoms with Gasteiger partial charge in [-0.2, -0.15) is 0 Å². The van der Waals surface area contributed by atoms with Crippen LogP contribution >= 0.6 is 0 Å². The third-order valence-electron chi connectivity index (χ3n) is 4.88. The molecule has 0 bridgehead atoms. The van der Waals surface area contributed by atoms with E-state index in [9.17, 15) is 14.7 Å². The summed E-state index contributed by atoms with van der Waals surface area (Å²) < 4.78 is 0. The van der Waals surface area contributed by atoms with Gasteiger partial charge in [-0.25, -0.2) is 4.90 Å². The molecule has 2 fully saturated rings. The van der Waals surface area contributed by atoms with Crippen LogP contribution in [0.1, 0.15) is 32.6 Å². The van der Waals surface area contributed by atoms with Crippen LogP contribution in [0, 0.1) is 5.92 Å². The Hall–Kier alpha value is -1.88. The average Bonchev–Trinajstić information content (AvgIpc) is 2.82. The number of imide groups is 1. The van der Waals surface area contributed by atoms with Crippen molar-refractivity contribution in [3.63, 3.8) is 0 Å². The molecule has 2 aliphatic rings. The Bertz CT molecular complexity index is 579. The maximum atomic E-state index is 12.7. The van der Waals surface area contributed by atoms with Crippen molar-refractivity contribution in [3.8, 4) is 5.75 Å². The number of aromatic hydroxyl groups is 1. The Balaban J connectivity index is 1.75. The van der Waals surface area contributed by atoms with Gasteiger partial charge in [0.2, 0.25) is 5.91 Å². The average molecular weight is 302 g/mol. The van der Waals surface area contributed by atoms with Gasteiger partial charge >= 0.3 is 0 Å². The Morgan fingerprint density at radius 3 is 2.59 bits per heavy atom. The highest BCUT2D eigenvalue weighted by Gasteiger charge is 2.43. The Morgan fingerprint density at radius 1 is 1.23 bits per heavy atom. The van der Waals surface area contributed by atoms with E-state index in [4.69, 9.17) is 0 Å². The molecule has 1 N–H and O–H groups in total. The van der Waals surface area contributed by atoms with Crippen molar-refractivity contribution >= 4 is 17.5 Å². The zero-order valence-corrected chi connectivity index (χ0v) is 12.9. The van der Waals surface area contributed by atoms with Crippen LogP contribution in [0.2, 0.25) is 0 Å². The molecule has 3 rings (SSSR count). The van der Waals surface area contributed by atoms with Crippen LogP contribution in [0.15, 0.2) is 24.3 Å². The summed E-state index contributed by atoms with van der Waals surface area (Å²) in [6.07, 6.45) is 3.62. The number of hydrogen-bond acceptors (Lipinski definition) is 4. The molecule has 5 nitrogen and oxygen atoms in total. The van der Waals surface area contributed by atoms with Crippen molar-refractivity contribution in [2.24, 2.45) is 5.92 Å². The second kappa shape index (κ2) is 6.08. The number of hydrogen-bond donors (Lipinski definition) is 1. The number of piperidine rings is 1. The fraction of sp³-hybridized carbons (Fsp3) is 0.529. The number of phenols is 1. The van der Waals surface area contributed by atoms with Gasteiger partial charge in [-0.05, 0) is 44.0 Å². The largest absolute Gasteiger partial charge is 0.508 e. The number of rotatable bonds is 3. The lowest BCUT2D eigenvalue weighted by Gasteiger charge is -2.34. The highest BCUT2D eigenvalue weighted by molar-refractivity contribution is 6.22. The molecule has 2 aliphatic heterocycles. The molecule has 5 heteroatoms. The number of benzene rings is 1. The number of nitrogens with zero attached hydrogens (tertiary/aromatic N) is 2. The minimum Gasteiger partial charge on any atom is -0.508 e. The standard InChI is InChI=1S/C17H22N2O3/c1-2-12-6-8-18(9-7-12)15-11-16(21)19(17(15)22)13-4-3-5-14(20)10-13/h3-5,10,12,15,20H,2,6-9,11H2,1H3/t15-/m1/s1. The molecular weight excluding hydrogens is 280 g/mol. The first-order chi connectivity index (χ1) is 10.6. The van der Waals surface area contributed by atoms with E-state index in [1.807, 2.05) is 0 Å². The van der Waals surface area contributed by atoms with Gasteiger partial charge in [0, 0.05) is 6.07 Å². The van der Waals surface area contributed by atoms with Crippen LogP contribution in [-0.2, 0) is 9.59 Å². The highest BCUT2D eigenvalue weighted by Crippen LogP contribution is 2.30. The summed E-state index contributed by atoms with van der Waals surface area (Å²) in [5.41, 5.74) is 0.459. The number of anilines is 1. The van der Waals surface area contributed by atoms with Gasteiger partial charge < -0.3 is 5.11 Å². The first-order valence-corrected chi connectivity index (χ1v) is 8.00.